The third-order valence-electron chi connectivity index (χ3n) is 3.56. The van der Waals surface area contributed by atoms with Crippen LogP contribution < -0.4 is 10.1 Å². The molecule has 0 saturated heterocycles. The Balaban J connectivity index is 1.91. The molecule has 0 radical (unpaired) electrons. The summed E-state index contributed by atoms with van der Waals surface area (Å²) >= 11 is 3.58. The summed E-state index contributed by atoms with van der Waals surface area (Å²) in [6.07, 6.45) is 0.989. The predicted molar refractivity (Wildman–Crippen MR) is 81.8 cm³/mol. The Bertz CT molecular complexity index is 597. The molecule has 3 rings (SSSR count). The maximum Gasteiger partial charge on any atom is 0.124 e. The zero-order chi connectivity index (χ0) is 13.2. The van der Waals surface area contributed by atoms with Crippen molar-refractivity contribution in [2.75, 3.05) is 11.9 Å². The Morgan fingerprint density at radius 2 is 2.00 bits per heavy atom. The van der Waals surface area contributed by atoms with E-state index in [1.165, 1.54) is 16.8 Å². The molecule has 0 spiro atoms. The molecule has 3 heteroatoms. The van der Waals surface area contributed by atoms with Crippen LogP contribution >= 0.6 is 15.9 Å². The van der Waals surface area contributed by atoms with Crippen LogP contribution in [0, 0.1) is 6.92 Å². The molecule has 1 heterocycles. The first kappa shape index (κ1) is 12.5. The predicted octanol–water partition coefficient (Wildman–Crippen LogP) is 4.69. The minimum Gasteiger partial charge on any atom is -0.493 e. The van der Waals surface area contributed by atoms with Gasteiger partial charge in [-0.25, -0.2) is 0 Å². The number of fused-ring (bicyclic) bond motifs is 1. The third-order valence-corrected chi connectivity index (χ3v) is 4.42. The van der Waals surface area contributed by atoms with Gasteiger partial charge in [-0.15, -0.1) is 0 Å². The van der Waals surface area contributed by atoms with Crippen LogP contribution in [0.5, 0.6) is 5.75 Å². The number of nitrogens with one attached hydrogen (secondary N) is 1. The van der Waals surface area contributed by atoms with E-state index in [1.807, 2.05) is 12.1 Å². The summed E-state index contributed by atoms with van der Waals surface area (Å²) in [6.45, 7) is 2.89. The third kappa shape index (κ3) is 2.47. The fourth-order valence-electron chi connectivity index (χ4n) is 2.44. The number of halogens is 1. The zero-order valence-corrected chi connectivity index (χ0v) is 12.4. The van der Waals surface area contributed by atoms with Crippen LogP contribution in [0.25, 0.3) is 0 Å². The van der Waals surface area contributed by atoms with E-state index in [0.29, 0.717) is 6.04 Å². The molecular formula is C16H16BrNO. The van der Waals surface area contributed by atoms with Gasteiger partial charge < -0.3 is 10.1 Å². The average molecular weight is 318 g/mol. The van der Waals surface area contributed by atoms with Gasteiger partial charge in [-0.2, -0.15) is 0 Å². The molecule has 2 aromatic carbocycles. The van der Waals surface area contributed by atoms with Gasteiger partial charge in [0.2, 0.25) is 0 Å². The smallest absolute Gasteiger partial charge is 0.124 e. The summed E-state index contributed by atoms with van der Waals surface area (Å²) in [4.78, 5) is 0. The van der Waals surface area contributed by atoms with Gasteiger partial charge in [-0.1, -0.05) is 40.2 Å². The van der Waals surface area contributed by atoms with Gasteiger partial charge in [0.15, 0.2) is 0 Å². The molecule has 0 fully saturated rings. The van der Waals surface area contributed by atoms with Crippen molar-refractivity contribution in [3.63, 3.8) is 0 Å². The Morgan fingerprint density at radius 1 is 1.16 bits per heavy atom. The lowest BCUT2D eigenvalue weighted by atomic mass is 10.00. The minimum absolute atomic E-state index is 0.318. The molecule has 0 saturated carbocycles. The molecule has 19 heavy (non-hydrogen) atoms. The van der Waals surface area contributed by atoms with Crippen molar-refractivity contribution in [3.05, 3.63) is 58.1 Å². The number of hydrogen-bond donors (Lipinski definition) is 1. The van der Waals surface area contributed by atoms with Crippen LogP contribution in [-0.4, -0.2) is 6.61 Å². The highest BCUT2D eigenvalue weighted by Gasteiger charge is 2.21. The van der Waals surface area contributed by atoms with Crippen LogP contribution in [0.4, 0.5) is 5.69 Å². The van der Waals surface area contributed by atoms with E-state index >= 15 is 0 Å². The van der Waals surface area contributed by atoms with Crippen LogP contribution in [0.2, 0.25) is 0 Å². The van der Waals surface area contributed by atoms with Gasteiger partial charge in [-0.3, -0.25) is 0 Å². The van der Waals surface area contributed by atoms with E-state index in [9.17, 15) is 0 Å². The van der Waals surface area contributed by atoms with E-state index in [2.05, 4.69) is 58.5 Å². The second-order valence-corrected chi connectivity index (χ2v) is 5.64. The monoisotopic (exact) mass is 317 g/mol. The number of para-hydroxylation sites is 1. The Kier molecular flexibility index (Phi) is 3.47. The van der Waals surface area contributed by atoms with Gasteiger partial charge in [0.05, 0.1) is 12.6 Å². The first-order chi connectivity index (χ1) is 9.25. The Morgan fingerprint density at radius 3 is 2.89 bits per heavy atom. The van der Waals surface area contributed by atoms with Gasteiger partial charge in [-0.05, 0) is 30.7 Å². The van der Waals surface area contributed by atoms with Crippen molar-refractivity contribution in [2.45, 2.75) is 19.4 Å². The lowest BCUT2D eigenvalue weighted by molar-refractivity contribution is 0.274. The van der Waals surface area contributed by atoms with Crippen LogP contribution in [0.3, 0.4) is 0 Å². The summed E-state index contributed by atoms with van der Waals surface area (Å²) < 4.78 is 6.83. The average Bonchev–Trinajstić information content (AvgIpc) is 2.44. The first-order valence-electron chi connectivity index (χ1n) is 6.49. The highest BCUT2D eigenvalue weighted by Crippen LogP contribution is 2.35. The zero-order valence-electron chi connectivity index (χ0n) is 10.8. The van der Waals surface area contributed by atoms with Crippen molar-refractivity contribution in [3.8, 4) is 5.75 Å². The van der Waals surface area contributed by atoms with E-state index in [1.54, 1.807) is 0 Å². The highest BCUT2D eigenvalue weighted by atomic mass is 79.9. The fraction of sp³-hybridized carbons (Fsp3) is 0.250. The molecule has 2 nitrogen and oxygen atoms in total. The standard InChI is InChI=1S/C16H16BrNO/c1-11-13(17)6-4-7-14(11)18-15-9-10-19-16-8-3-2-5-12(15)16/h2-8,15,18H,9-10H2,1H3. The summed E-state index contributed by atoms with van der Waals surface area (Å²) in [7, 11) is 0. The van der Waals surface area contributed by atoms with E-state index in [4.69, 9.17) is 4.74 Å². The second-order valence-electron chi connectivity index (χ2n) is 4.78. The summed E-state index contributed by atoms with van der Waals surface area (Å²) in [5, 5.41) is 3.64. The maximum absolute atomic E-state index is 5.70. The molecule has 1 aliphatic heterocycles. The fourth-order valence-corrected chi connectivity index (χ4v) is 2.81. The van der Waals surface area contributed by atoms with Gasteiger partial charge in [0.25, 0.3) is 0 Å². The molecule has 1 atom stereocenters. The first-order valence-corrected chi connectivity index (χ1v) is 7.28. The summed E-state index contributed by atoms with van der Waals surface area (Å²) in [5.74, 6) is 0.999. The van der Waals surface area contributed by atoms with Crippen molar-refractivity contribution in [2.24, 2.45) is 0 Å². The van der Waals surface area contributed by atoms with E-state index < -0.39 is 0 Å². The molecule has 1 unspecified atom stereocenters. The van der Waals surface area contributed by atoms with E-state index in [-0.39, 0.29) is 0 Å². The Hall–Kier alpha value is -1.48. The number of rotatable bonds is 2. The lowest BCUT2D eigenvalue weighted by Gasteiger charge is -2.28. The normalized spacial score (nSPS) is 17.5. The van der Waals surface area contributed by atoms with Gasteiger partial charge in [0.1, 0.15) is 5.75 Å². The molecule has 2 aromatic rings. The Labute approximate surface area is 121 Å². The number of benzene rings is 2. The number of anilines is 1. The minimum atomic E-state index is 0.318. The quantitative estimate of drug-likeness (QED) is 0.867. The van der Waals surface area contributed by atoms with Crippen molar-refractivity contribution in [1.29, 1.82) is 0 Å². The topological polar surface area (TPSA) is 21.3 Å². The van der Waals surface area contributed by atoms with Gasteiger partial charge in [0, 0.05) is 22.1 Å². The van der Waals surface area contributed by atoms with Gasteiger partial charge >= 0.3 is 0 Å². The molecule has 98 valence electrons. The lowest BCUT2D eigenvalue weighted by Crippen LogP contribution is -2.20. The number of hydrogen-bond acceptors (Lipinski definition) is 2. The molecule has 1 aliphatic rings. The number of ether oxygens (including phenoxy) is 1. The van der Waals surface area contributed by atoms with Crippen molar-refractivity contribution in [1.82, 2.24) is 0 Å². The largest absolute Gasteiger partial charge is 0.493 e. The van der Waals surface area contributed by atoms with Crippen LogP contribution in [0.15, 0.2) is 46.9 Å². The van der Waals surface area contributed by atoms with E-state index in [0.717, 1.165) is 23.2 Å². The molecule has 0 aromatic heterocycles. The molecular weight excluding hydrogens is 302 g/mol. The van der Waals surface area contributed by atoms with Crippen LogP contribution in [-0.2, 0) is 0 Å². The SMILES string of the molecule is Cc1c(Br)cccc1NC1CCOc2ccccc21. The summed E-state index contributed by atoms with van der Waals surface area (Å²) in [5.41, 5.74) is 3.66. The van der Waals surface area contributed by atoms with Crippen molar-refractivity contribution >= 4 is 21.6 Å². The molecule has 0 bridgehead atoms. The highest BCUT2D eigenvalue weighted by molar-refractivity contribution is 9.10. The maximum atomic E-state index is 5.70. The second kappa shape index (κ2) is 5.25. The van der Waals surface area contributed by atoms with Crippen molar-refractivity contribution < 1.29 is 4.74 Å². The molecule has 1 N–H and O–H groups in total. The molecule has 0 aliphatic carbocycles. The molecule has 0 amide bonds. The van der Waals surface area contributed by atoms with Crippen LogP contribution in [0.1, 0.15) is 23.6 Å². The summed E-state index contributed by atoms with van der Waals surface area (Å²) in [6, 6.07) is 14.8.